The molecule has 0 aliphatic carbocycles. The molecule has 2 aromatic heterocycles. The molecule has 118 valence electrons. The largest absolute Gasteiger partial charge is 0.371 e. The summed E-state index contributed by atoms with van der Waals surface area (Å²) in [4.78, 5) is 17.9. The zero-order chi connectivity index (χ0) is 15.5. The zero-order valence-corrected chi connectivity index (χ0v) is 13.6. The number of aromatic nitrogens is 3. The molecule has 1 aliphatic rings. The van der Waals surface area contributed by atoms with E-state index in [0.29, 0.717) is 13.2 Å². The van der Waals surface area contributed by atoms with Crippen LogP contribution in [-0.2, 0) is 23.0 Å². The summed E-state index contributed by atoms with van der Waals surface area (Å²) in [5.41, 5.74) is 0.952. The van der Waals surface area contributed by atoms with Crippen LogP contribution in [0.15, 0.2) is 18.5 Å². The fraction of sp³-hybridized carbons (Fsp3) is 0.533. The number of hydrogen-bond donors (Lipinski definition) is 1. The van der Waals surface area contributed by atoms with Gasteiger partial charge in [-0.1, -0.05) is 0 Å². The Kier molecular flexibility index (Phi) is 4.54. The molecule has 0 radical (unpaired) electrons. The van der Waals surface area contributed by atoms with E-state index < -0.39 is 0 Å². The molecule has 1 fully saturated rings. The first kappa shape index (κ1) is 15.2. The maximum atomic E-state index is 12.4. The van der Waals surface area contributed by atoms with Crippen LogP contribution in [0.3, 0.4) is 0 Å². The lowest BCUT2D eigenvalue weighted by molar-refractivity contribution is -0.126. The Bertz CT molecular complexity index is 652. The van der Waals surface area contributed by atoms with Crippen molar-refractivity contribution in [1.82, 2.24) is 20.1 Å². The number of aryl methyl sites for hydroxylation is 2. The van der Waals surface area contributed by atoms with Gasteiger partial charge in [-0.3, -0.25) is 9.48 Å². The predicted molar refractivity (Wildman–Crippen MR) is 83.6 cm³/mol. The van der Waals surface area contributed by atoms with Crippen molar-refractivity contribution in [1.29, 1.82) is 0 Å². The molecule has 1 saturated heterocycles. The molecule has 1 aliphatic heterocycles. The molecule has 0 spiro atoms. The fourth-order valence-corrected chi connectivity index (χ4v) is 3.54. The maximum Gasteiger partial charge on any atom is 0.226 e. The third-order valence-corrected chi connectivity index (χ3v) is 4.86. The van der Waals surface area contributed by atoms with Gasteiger partial charge in [-0.15, -0.1) is 11.3 Å². The molecule has 0 bridgehead atoms. The van der Waals surface area contributed by atoms with E-state index in [-0.39, 0.29) is 17.9 Å². The molecule has 6 nitrogen and oxygen atoms in total. The van der Waals surface area contributed by atoms with E-state index in [4.69, 9.17) is 4.74 Å². The van der Waals surface area contributed by atoms with Crippen LogP contribution < -0.4 is 5.32 Å². The third-order valence-electron chi connectivity index (χ3n) is 3.89. The number of carbonyl (C=O) groups excluding carboxylic acids is 1. The minimum atomic E-state index is -0.199. The summed E-state index contributed by atoms with van der Waals surface area (Å²) >= 11 is 1.67. The van der Waals surface area contributed by atoms with E-state index in [1.807, 2.05) is 26.2 Å². The second-order valence-electron chi connectivity index (χ2n) is 5.47. The number of ether oxygens (including phenoxy) is 1. The Morgan fingerprint density at radius 2 is 2.45 bits per heavy atom. The van der Waals surface area contributed by atoms with Crippen LogP contribution in [0, 0.1) is 12.8 Å². The van der Waals surface area contributed by atoms with Gasteiger partial charge in [0.1, 0.15) is 6.10 Å². The topological polar surface area (TPSA) is 69.0 Å². The van der Waals surface area contributed by atoms with Crippen molar-refractivity contribution in [2.75, 3.05) is 13.2 Å². The van der Waals surface area contributed by atoms with Crippen molar-refractivity contribution in [3.63, 3.8) is 0 Å². The number of thiazole rings is 1. The molecule has 7 heteroatoms. The molecule has 0 unspecified atom stereocenters. The number of amides is 1. The molecular weight excluding hydrogens is 300 g/mol. The van der Waals surface area contributed by atoms with Crippen LogP contribution >= 0.6 is 11.3 Å². The average Bonchev–Trinajstić information content (AvgIpc) is 3.19. The normalized spacial score (nSPS) is 21.2. The van der Waals surface area contributed by atoms with Crippen molar-refractivity contribution in [2.45, 2.75) is 25.9 Å². The van der Waals surface area contributed by atoms with Gasteiger partial charge in [-0.05, 0) is 19.4 Å². The van der Waals surface area contributed by atoms with E-state index in [9.17, 15) is 4.79 Å². The first-order chi connectivity index (χ1) is 10.6. The summed E-state index contributed by atoms with van der Waals surface area (Å²) in [6, 6.07) is 1.91. The van der Waals surface area contributed by atoms with E-state index in [1.54, 1.807) is 22.2 Å². The molecule has 0 saturated carbocycles. The molecule has 1 N–H and O–H groups in total. The van der Waals surface area contributed by atoms with Gasteiger partial charge in [0, 0.05) is 43.9 Å². The first-order valence-electron chi connectivity index (χ1n) is 7.43. The van der Waals surface area contributed by atoms with Gasteiger partial charge in [0.05, 0.1) is 16.6 Å². The summed E-state index contributed by atoms with van der Waals surface area (Å²) in [6.07, 6.45) is 4.92. The van der Waals surface area contributed by atoms with Crippen molar-refractivity contribution in [3.8, 4) is 0 Å². The second-order valence-corrected chi connectivity index (χ2v) is 6.79. The number of nitrogens with zero attached hydrogens (tertiary/aromatic N) is 3. The van der Waals surface area contributed by atoms with Gasteiger partial charge in [0.25, 0.3) is 0 Å². The van der Waals surface area contributed by atoms with Gasteiger partial charge in [0.15, 0.2) is 0 Å². The Hall–Kier alpha value is -1.73. The number of rotatable bonds is 5. The highest BCUT2D eigenvalue weighted by atomic mass is 32.1. The summed E-state index contributed by atoms with van der Waals surface area (Å²) in [7, 11) is 1.87. The molecule has 22 heavy (non-hydrogen) atoms. The van der Waals surface area contributed by atoms with Crippen molar-refractivity contribution in [2.24, 2.45) is 13.0 Å². The maximum absolute atomic E-state index is 12.4. The quantitative estimate of drug-likeness (QED) is 0.909. The standard InChI is InChI=1S/C15H20N4O2S/c1-10-9-17-13(22-10)4-6-16-15(20)11-5-8-21-14(11)12-3-7-18-19(12)2/h3,7,9,11,14H,4-6,8H2,1-2H3,(H,16,20)/t11-,14-/m1/s1. The van der Waals surface area contributed by atoms with E-state index in [0.717, 1.165) is 23.5 Å². The van der Waals surface area contributed by atoms with Crippen LogP contribution in [0.25, 0.3) is 0 Å². The number of carbonyl (C=O) groups is 1. The van der Waals surface area contributed by atoms with Crippen LogP contribution in [0.5, 0.6) is 0 Å². The lowest BCUT2D eigenvalue weighted by atomic mass is 9.98. The van der Waals surface area contributed by atoms with Gasteiger partial charge < -0.3 is 10.1 Å². The summed E-state index contributed by atoms with van der Waals surface area (Å²) < 4.78 is 7.52. The molecule has 0 aromatic carbocycles. The van der Waals surface area contributed by atoms with E-state index in [1.165, 1.54) is 4.88 Å². The SMILES string of the molecule is Cc1cnc(CCNC(=O)[C@@H]2CCO[C@H]2c2ccnn2C)s1. The van der Waals surface area contributed by atoms with E-state index in [2.05, 4.69) is 15.4 Å². The fourth-order valence-electron chi connectivity index (χ4n) is 2.75. The molecule has 3 heterocycles. The second kappa shape index (κ2) is 6.58. The lowest BCUT2D eigenvalue weighted by Gasteiger charge is -2.18. The van der Waals surface area contributed by atoms with Crippen LogP contribution in [0.1, 0.15) is 28.1 Å². The third kappa shape index (κ3) is 3.20. The summed E-state index contributed by atoms with van der Waals surface area (Å²) in [5, 5.41) is 8.23. The summed E-state index contributed by atoms with van der Waals surface area (Å²) in [6.45, 7) is 3.26. The van der Waals surface area contributed by atoms with E-state index >= 15 is 0 Å². The minimum absolute atomic E-state index is 0.0528. The van der Waals surface area contributed by atoms with Crippen LogP contribution in [0.4, 0.5) is 0 Å². The van der Waals surface area contributed by atoms with Crippen LogP contribution in [0.2, 0.25) is 0 Å². The van der Waals surface area contributed by atoms with Gasteiger partial charge in [0.2, 0.25) is 5.91 Å². The van der Waals surface area contributed by atoms with Crippen molar-refractivity contribution >= 4 is 17.2 Å². The van der Waals surface area contributed by atoms with Gasteiger partial charge in [-0.25, -0.2) is 4.98 Å². The Morgan fingerprint density at radius 1 is 1.59 bits per heavy atom. The highest BCUT2D eigenvalue weighted by Crippen LogP contribution is 2.34. The molecule has 2 atom stereocenters. The smallest absolute Gasteiger partial charge is 0.226 e. The van der Waals surface area contributed by atoms with Gasteiger partial charge >= 0.3 is 0 Å². The Balaban J connectivity index is 1.56. The Labute approximate surface area is 133 Å². The first-order valence-corrected chi connectivity index (χ1v) is 8.25. The Morgan fingerprint density at radius 3 is 3.14 bits per heavy atom. The number of nitrogens with one attached hydrogen (secondary N) is 1. The minimum Gasteiger partial charge on any atom is -0.371 e. The molecular formula is C15H20N4O2S. The molecule has 3 rings (SSSR count). The summed E-state index contributed by atoms with van der Waals surface area (Å²) in [5.74, 6) is -0.0922. The lowest BCUT2D eigenvalue weighted by Crippen LogP contribution is -2.34. The highest BCUT2D eigenvalue weighted by molar-refractivity contribution is 7.11. The predicted octanol–water partition coefficient (Wildman–Crippen LogP) is 1.62. The van der Waals surface area contributed by atoms with Gasteiger partial charge in [-0.2, -0.15) is 5.10 Å². The van der Waals surface area contributed by atoms with Crippen LogP contribution in [-0.4, -0.2) is 33.8 Å². The molecule has 1 amide bonds. The van der Waals surface area contributed by atoms with Crippen molar-refractivity contribution < 1.29 is 9.53 Å². The molecule has 2 aromatic rings. The highest BCUT2D eigenvalue weighted by Gasteiger charge is 2.36. The average molecular weight is 320 g/mol. The number of hydrogen-bond acceptors (Lipinski definition) is 5. The monoisotopic (exact) mass is 320 g/mol. The van der Waals surface area contributed by atoms with Crippen molar-refractivity contribution in [3.05, 3.63) is 34.0 Å². The zero-order valence-electron chi connectivity index (χ0n) is 12.8.